The molecule has 7 nitrogen and oxygen atoms in total. The monoisotopic (exact) mass is 341 g/mol. The van der Waals surface area contributed by atoms with Crippen molar-refractivity contribution in [3.05, 3.63) is 53.6 Å². The Morgan fingerprint density at radius 1 is 1.16 bits per heavy atom. The zero-order valence-corrected chi connectivity index (χ0v) is 13.9. The van der Waals surface area contributed by atoms with Crippen LogP contribution in [-0.4, -0.2) is 29.7 Å². The maximum Gasteiger partial charge on any atom is 0.329 e. The number of hydrogen-bond donors (Lipinski definition) is 3. The van der Waals surface area contributed by atoms with Crippen LogP contribution in [0.1, 0.15) is 18.1 Å². The van der Waals surface area contributed by atoms with Crippen LogP contribution in [0.3, 0.4) is 0 Å². The molecular formula is C18H19N3O4. The van der Waals surface area contributed by atoms with E-state index in [2.05, 4.69) is 15.8 Å². The van der Waals surface area contributed by atoms with Gasteiger partial charge >= 0.3 is 11.8 Å². The van der Waals surface area contributed by atoms with Crippen LogP contribution in [0, 0.1) is 6.92 Å². The number of carbonyl (C=O) groups is 2. The Bertz CT molecular complexity index is 785. The fraction of sp³-hybridized carbons (Fsp3) is 0.167. The summed E-state index contributed by atoms with van der Waals surface area (Å²) in [6.45, 7) is 4.13. The van der Waals surface area contributed by atoms with Gasteiger partial charge in [0, 0.05) is 5.69 Å². The molecule has 25 heavy (non-hydrogen) atoms. The lowest BCUT2D eigenvalue weighted by atomic mass is 10.2. The first-order chi connectivity index (χ1) is 12.0. The topological polar surface area (TPSA) is 100 Å². The first-order valence-electron chi connectivity index (χ1n) is 7.66. The standard InChI is InChI=1S/C18H19N3O4/c1-3-25-16-10-13(6-9-15(16)22)11-19-21-18(24)17(23)20-14-7-4-12(2)5-8-14/h4-11,22H,3H2,1-2H3,(H,20,23)(H,21,24)/b19-11-. The van der Waals surface area contributed by atoms with Crippen molar-refractivity contribution in [2.24, 2.45) is 5.10 Å². The van der Waals surface area contributed by atoms with E-state index in [-0.39, 0.29) is 5.75 Å². The van der Waals surface area contributed by atoms with Crippen molar-refractivity contribution in [3.8, 4) is 11.5 Å². The highest BCUT2D eigenvalue weighted by atomic mass is 16.5. The van der Waals surface area contributed by atoms with Gasteiger partial charge in [-0.1, -0.05) is 17.7 Å². The number of phenolic OH excluding ortho intramolecular Hbond substituents is 1. The van der Waals surface area contributed by atoms with Crippen LogP contribution >= 0.6 is 0 Å². The molecule has 0 saturated heterocycles. The second-order valence-electron chi connectivity index (χ2n) is 5.18. The molecule has 7 heteroatoms. The predicted molar refractivity (Wildman–Crippen MR) is 94.8 cm³/mol. The minimum absolute atomic E-state index is 0.0144. The fourth-order valence-electron chi connectivity index (χ4n) is 1.92. The number of nitrogens with one attached hydrogen (secondary N) is 2. The zero-order valence-electron chi connectivity index (χ0n) is 13.9. The number of carbonyl (C=O) groups excluding carboxylic acids is 2. The largest absolute Gasteiger partial charge is 0.504 e. The van der Waals surface area contributed by atoms with Gasteiger partial charge in [0.25, 0.3) is 0 Å². The van der Waals surface area contributed by atoms with E-state index < -0.39 is 11.8 Å². The smallest absolute Gasteiger partial charge is 0.329 e. The van der Waals surface area contributed by atoms with Gasteiger partial charge in [-0.25, -0.2) is 5.43 Å². The van der Waals surface area contributed by atoms with Gasteiger partial charge in [0.05, 0.1) is 12.8 Å². The highest BCUT2D eigenvalue weighted by molar-refractivity contribution is 6.39. The number of hydrazone groups is 1. The van der Waals surface area contributed by atoms with Gasteiger partial charge < -0.3 is 15.2 Å². The maximum absolute atomic E-state index is 11.8. The molecule has 0 aromatic heterocycles. The van der Waals surface area contributed by atoms with Crippen molar-refractivity contribution >= 4 is 23.7 Å². The van der Waals surface area contributed by atoms with Crippen molar-refractivity contribution in [2.75, 3.05) is 11.9 Å². The van der Waals surface area contributed by atoms with Crippen LogP contribution in [-0.2, 0) is 9.59 Å². The summed E-state index contributed by atoms with van der Waals surface area (Å²) in [5.74, 6) is -1.38. The number of rotatable bonds is 5. The molecule has 0 unspecified atom stereocenters. The number of ether oxygens (including phenoxy) is 1. The van der Waals surface area contributed by atoms with Crippen molar-refractivity contribution in [2.45, 2.75) is 13.8 Å². The number of nitrogens with zero attached hydrogens (tertiary/aromatic N) is 1. The first-order valence-corrected chi connectivity index (χ1v) is 7.66. The summed E-state index contributed by atoms with van der Waals surface area (Å²) in [5, 5.41) is 15.8. The Morgan fingerprint density at radius 2 is 1.88 bits per heavy atom. The van der Waals surface area contributed by atoms with Gasteiger partial charge in [-0.2, -0.15) is 5.10 Å². The average molecular weight is 341 g/mol. The lowest BCUT2D eigenvalue weighted by molar-refractivity contribution is -0.136. The van der Waals surface area contributed by atoms with Crippen LogP contribution in [0.2, 0.25) is 0 Å². The summed E-state index contributed by atoms with van der Waals surface area (Å²) >= 11 is 0. The second-order valence-corrected chi connectivity index (χ2v) is 5.18. The lowest BCUT2D eigenvalue weighted by Gasteiger charge is -2.06. The number of phenols is 1. The van der Waals surface area contributed by atoms with Crippen LogP contribution in [0.5, 0.6) is 11.5 Å². The van der Waals surface area contributed by atoms with E-state index in [9.17, 15) is 14.7 Å². The minimum atomic E-state index is -0.888. The Morgan fingerprint density at radius 3 is 2.56 bits per heavy atom. The number of aryl methyl sites for hydroxylation is 1. The Labute approximate surface area is 145 Å². The molecular weight excluding hydrogens is 322 g/mol. The number of hydrogen-bond acceptors (Lipinski definition) is 5. The van der Waals surface area contributed by atoms with Gasteiger partial charge in [-0.15, -0.1) is 0 Å². The summed E-state index contributed by atoms with van der Waals surface area (Å²) in [5.41, 5.74) is 4.31. The molecule has 0 spiro atoms. The van der Waals surface area contributed by atoms with E-state index in [1.807, 2.05) is 19.1 Å². The predicted octanol–water partition coefficient (Wildman–Crippen LogP) is 2.19. The van der Waals surface area contributed by atoms with Crippen molar-refractivity contribution in [1.82, 2.24) is 5.43 Å². The number of aromatic hydroxyl groups is 1. The second kappa shape index (κ2) is 8.49. The number of anilines is 1. The third kappa shape index (κ3) is 5.35. The summed E-state index contributed by atoms with van der Waals surface area (Å²) in [6, 6.07) is 11.7. The SMILES string of the molecule is CCOc1cc(/C=N\NC(=O)C(=O)Nc2ccc(C)cc2)ccc1O. The number of amides is 2. The molecule has 0 aliphatic heterocycles. The quantitative estimate of drug-likeness (QED) is 0.441. The summed E-state index contributed by atoms with van der Waals surface area (Å²) in [6.07, 6.45) is 1.35. The zero-order chi connectivity index (χ0) is 18.2. The van der Waals surface area contributed by atoms with E-state index in [0.717, 1.165) is 5.56 Å². The average Bonchev–Trinajstić information content (AvgIpc) is 2.59. The molecule has 2 aromatic rings. The highest BCUT2D eigenvalue weighted by Crippen LogP contribution is 2.26. The molecule has 2 aromatic carbocycles. The van der Waals surface area contributed by atoms with Crippen LogP contribution in [0.4, 0.5) is 5.69 Å². The molecule has 3 N–H and O–H groups in total. The van der Waals surface area contributed by atoms with Gasteiger partial charge in [0.15, 0.2) is 11.5 Å². The normalized spacial score (nSPS) is 10.5. The van der Waals surface area contributed by atoms with Gasteiger partial charge in [-0.3, -0.25) is 9.59 Å². The van der Waals surface area contributed by atoms with Crippen LogP contribution < -0.4 is 15.5 Å². The van der Waals surface area contributed by atoms with Gasteiger partial charge in [0.2, 0.25) is 0 Å². The number of benzene rings is 2. The van der Waals surface area contributed by atoms with Gasteiger partial charge in [0.1, 0.15) is 0 Å². The van der Waals surface area contributed by atoms with E-state index in [0.29, 0.717) is 23.6 Å². The third-order valence-corrected chi connectivity index (χ3v) is 3.18. The molecule has 0 aliphatic carbocycles. The molecule has 2 amide bonds. The van der Waals surface area contributed by atoms with Crippen LogP contribution in [0.15, 0.2) is 47.6 Å². The van der Waals surface area contributed by atoms with Crippen molar-refractivity contribution in [3.63, 3.8) is 0 Å². The van der Waals surface area contributed by atoms with E-state index in [1.165, 1.54) is 12.3 Å². The molecule has 130 valence electrons. The van der Waals surface area contributed by atoms with E-state index >= 15 is 0 Å². The van der Waals surface area contributed by atoms with Crippen LogP contribution in [0.25, 0.3) is 0 Å². The van der Waals surface area contributed by atoms with E-state index in [1.54, 1.807) is 31.2 Å². The van der Waals surface area contributed by atoms with Gasteiger partial charge in [-0.05, 0) is 49.7 Å². The van der Waals surface area contributed by atoms with Crippen molar-refractivity contribution < 1.29 is 19.4 Å². The third-order valence-electron chi connectivity index (χ3n) is 3.18. The Balaban J connectivity index is 1.92. The molecule has 0 fully saturated rings. The molecule has 0 atom stereocenters. The van der Waals surface area contributed by atoms with E-state index in [4.69, 9.17) is 4.74 Å². The lowest BCUT2D eigenvalue weighted by Crippen LogP contribution is -2.32. The van der Waals surface area contributed by atoms with Crippen molar-refractivity contribution in [1.29, 1.82) is 0 Å². The molecule has 2 rings (SSSR count). The molecule has 0 aliphatic rings. The summed E-state index contributed by atoms with van der Waals surface area (Å²) in [7, 11) is 0. The maximum atomic E-state index is 11.8. The summed E-state index contributed by atoms with van der Waals surface area (Å²) < 4.78 is 5.25. The first kappa shape index (κ1) is 18.0. The Hall–Kier alpha value is -3.35. The highest BCUT2D eigenvalue weighted by Gasteiger charge is 2.12. The molecule has 0 radical (unpaired) electrons. The Kier molecular flexibility index (Phi) is 6.11. The molecule has 0 bridgehead atoms. The summed E-state index contributed by atoms with van der Waals surface area (Å²) in [4.78, 5) is 23.5. The molecule has 0 heterocycles. The minimum Gasteiger partial charge on any atom is -0.504 e. The molecule has 0 saturated carbocycles. The fourth-order valence-corrected chi connectivity index (χ4v) is 1.92.